The first kappa shape index (κ1) is 16.3. The van der Waals surface area contributed by atoms with Gasteiger partial charge in [-0.1, -0.05) is 96.6 Å². The molecule has 0 heterocycles. The minimum atomic E-state index is -0.774. The number of halogens is 1. The van der Waals surface area contributed by atoms with Gasteiger partial charge >= 0.3 is 0 Å². The molecular formula is C20H16ClPS. The second kappa shape index (κ2) is 7.36. The van der Waals surface area contributed by atoms with Crippen molar-refractivity contribution in [3.63, 3.8) is 0 Å². The molecule has 0 aliphatic carbocycles. The third-order valence-corrected chi connectivity index (χ3v) is 6.99. The fourth-order valence-electron chi connectivity index (χ4n) is 2.55. The maximum Gasteiger partial charge on any atom is 0.0564 e. The minimum Gasteiger partial charge on any atom is -0.0836 e. The summed E-state index contributed by atoms with van der Waals surface area (Å²) in [6, 6.07) is 26.9. The van der Waals surface area contributed by atoms with Gasteiger partial charge in [0.1, 0.15) is 0 Å². The van der Waals surface area contributed by atoms with Crippen LogP contribution in [0.1, 0.15) is 11.1 Å². The molecule has 0 saturated heterocycles. The summed E-state index contributed by atoms with van der Waals surface area (Å²) in [6.07, 6.45) is 0. The molecule has 0 unspecified atom stereocenters. The van der Waals surface area contributed by atoms with Gasteiger partial charge in [0.05, 0.1) is 4.61 Å². The molecule has 0 aliphatic rings. The first-order valence-electron chi connectivity index (χ1n) is 7.38. The SMILES string of the molecule is Cc1cccc(Cl)c1C(=S)P(c1ccccc1)c1ccccc1. The molecule has 0 atom stereocenters. The van der Waals surface area contributed by atoms with Crippen molar-refractivity contribution in [1.82, 2.24) is 0 Å². The quantitative estimate of drug-likeness (QED) is 0.443. The molecule has 0 radical (unpaired) electrons. The molecule has 0 N–H and O–H groups in total. The Balaban J connectivity index is 2.15. The summed E-state index contributed by atoms with van der Waals surface area (Å²) in [6.45, 7) is 2.07. The molecule has 0 spiro atoms. The van der Waals surface area contributed by atoms with Crippen LogP contribution >= 0.6 is 31.7 Å². The Bertz CT molecular complexity index is 756. The molecule has 114 valence electrons. The molecule has 0 saturated carbocycles. The molecule has 3 rings (SSSR count). The molecule has 3 aromatic rings. The molecule has 3 aromatic carbocycles. The number of hydrogen-bond acceptors (Lipinski definition) is 1. The van der Waals surface area contributed by atoms with E-state index in [9.17, 15) is 0 Å². The predicted octanol–water partition coefficient (Wildman–Crippen LogP) is 5.46. The Hall–Kier alpha value is -1.53. The van der Waals surface area contributed by atoms with Gasteiger partial charge in [0.2, 0.25) is 0 Å². The molecule has 0 bridgehead atoms. The van der Waals surface area contributed by atoms with Gasteiger partial charge in [0.25, 0.3) is 0 Å². The largest absolute Gasteiger partial charge is 0.0836 e. The van der Waals surface area contributed by atoms with E-state index in [1.807, 2.05) is 24.3 Å². The molecule has 0 fully saturated rings. The van der Waals surface area contributed by atoms with Crippen LogP contribution in [0.25, 0.3) is 0 Å². The summed E-state index contributed by atoms with van der Waals surface area (Å²) < 4.78 is 0.931. The molecule has 3 heteroatoms. The van der Waals surface area contributed by atoms with Crippen LogP contribution in [0, 0.1) is 6.92 Å². The Morgan fingerprint density at radius 2 is 1.30 bits per heavy atom. The number of thiocarbonyl (C=S) groups is 1. The fourth-order valence-corrected chi connectivity index (χ4v) is 6.12. The predicted molar refractivity (Wildman–Crippen MR) is 107 cm³/mol. The van der Waals surface area contributed by atoms with Crippen molar-refractivity contribution < 1.29 is 0 Å². The highest BCUT2D eigenvalue weighted by Gasteiger charge is 2.22. The summed E-state index contributed by atoms with van der Waals surface area (Å²) >= 11 is 12.4. The van der Waals surface area contributed by atoms with E-state index >= 15 is 0 Å². The van der Waals surface area contributed by atoms with E-state index in [1.165, 1.54) is 10.6 Å². The van der Waals surface area contributed by atoms with Crippen molar-refractivity contribution in [2.75, 3.05) is 0 Å². The van der Waals surface area contributed by atoms with Crippen LogP contribution in [-0.2, 0) is 0 Å². The van der Waals surface area contributed by atoms with Gasteiger partial charge in [0.15, 0.2) is 0 Å². The Kier molecular flexibility index (Phi) is 5.23. The van der Waals surface area contributed by atoms with Gasteiger partial charge in [0, 0.05) is 10.6 Å². The lowest BCUT2D eigenvalue weighted by Gasteiger charge is -2.22. The van der Waals surface area contributed by atoms with Crippen LogP contribution in [-0.4, -0.2) is 4.61 Å². The standard InChI is InChI=1S/C20H16ClPS/c1-15-9-8-14-18(21)19(15)20(23)22(16-10-4-2-5-11-16)17-12-6-3-7-13-17/h2-14H,1H3. The molecular weight excluding hydrogens is 339 g/mol. The van der Waals surface area contributed by atoms with Gasteiger partial charge in [-0.25, -0.2) is 0 Å². The van der Waals surface area contributed by atoms with E-state index in [1.54, 1.807) is 0 Å². The first-order valence-corrected chi connectivity index (χ1v) is 9.51. The van der Waals surface area contributed by atoms with Crippen LogP contribution in [0.3, 0.4) is 0 Å². The second-order valence-corrected chi connectivity index (χ2v) is 8.51. The average molecular weight is 355 g/mol. The zero-order valence-electron chi connectivity index (χ0n) is 12.7. The summed E-state index contributed by atoms with van der Waals surface area (Å²) in [5.41, 5.74) is 2.13. The molecule has 0 amide bonds. The van der Waals surface area contributed by atoms with Crippen LogP contribution in [0.5, 0.6) is 0 Å². The lowest BCUT2D eigenvalue weighted by atomic mass is 10.1. The zero-order valence-corrected chi connectivity index (χ0v) is 15.2. The van der Waals surface area contributed by atoms with Gasteiger partial charge in [-0.2, -0.15) is 0 Å². The summed E-state index contributed by atoms with van der Waals surface area (Å²) in [4.78, 5) is 0. The topological polar surface area (TPSA) is 0 Å². The van der Waals surface area contributed by atoms with Crippen LogP contribution in [0.4, 0.5) is 0 Å². The number of benzene rings is 3. The minimum absolute atomic E-state index is 0.731. The van der Waals surface area contributed by atoms with Crippen molar-refractivity contribution in [3.8, 4) is 0 Å². The van der Waals surface area contributed by atoms with Crippen molar-refractivity contribution in [3.05, 3.63) is 95.0 Å². The van der Waals surface area contributed by atoms with E-state index in [0.29, 0.717) is 0 Å². The highest BCUT2D eigenvalue weighted by Crippen LogP contribution is 2.41. The van der Waals surface area contributed by atoms with Gasteiger partial charge in [-0.15, -0.1) is 0 Å². The molecule has 0 aromatic heterocycles. The zero-order chi connectivity index (χ0) is 16.2. The van der Waals surface area contributed by atoms with Crippen molar-refractivity contribution in [2.45, 2.75) is 6.92 Å². The highest BCUT2D eigenvalue weighted by molar-refractivity contribution is 8.05. The van der Waals surface area contributed by atoms with E-state index < -0.39 is 7.92 Å². The first-order chi connectivity index (χ1) is 11.2. The van der Waals surface area contributed by atoms with Gasteiger partial charge in [-0.3, -0.25) is 0 Å². The normalized spacial score (nSPS) is 10.7. The number of aryl methyl sites for hydroxylation is 1. The average Bonchev–Trinajstić information content (AvgIpc) is 2.57. The molecule has 0 nitrogen and oxygen atoms in total. The van der Waals surface area contributed by atoms with Crippen LogP contribution < -0.4 is 10.6 Å². The number of hydrogen-bond donors (Lipinski definition) is 0. The van der Waals surface area contributed by atoms with E-state index in [0.717, 1.165) is 20.8 Å². The van der Waals surface area contributed by atoms with Crippen LogP contribution in [0.2, 0.25) is 5.02 Å². The third-order valence-electron chi connectivity index (χ3n) is 3.67. The van der Waals surface area contributed by atoms with E-state index in [4.69, 9.17) is 23.8 Å². The Morgan fingerprint density at radius 3 is 1.78 bits per heavy atom. The molecule has 0 aliphatic heterocycles. The van der Waals surface area contributed by atoms with Gasteiger partial charge < -0.3 is 0 Å². The van der Waals surface area contributed by atoms with Gasteiger partial charge in [-0.05, 0) is 37.1 Å². The lowest BCUT2D eigenvalue weighted by molar-refractivity contribution is 1.46. The van der Waals surface area contributed by atoms with Crippen LogP contribution in [0.15, 0.2) is 78.9 Å². The second-order valence-electron chi connectivity index (χ2n) is 5.24. The van der Waals surface area contributed by atoms with Crippen molar-refractivity contribution in [2.24, 2.45) is 0 Å². The number of rotatable bonds is 4. The van der Waals surface area contributed by atoms with Crippen molar-refractivity contribution >= 4 is 47.0 Å². The fraction of sp³-hybridized carbons (Fsp3) is 0.0500. The maximum absolute atomic E-state index is 6.47. The summed E-state index contributed by atoms with van der Waals surface area (Å²) in [5, 5.41) is 3.23. The third kappa shape index (κ3) is 3.53. The Morgan fingerprint density at radius 1 is 0.783 bits per heavy atom. The summed E-state index contributed by atoms with van der Waals surface area (Å²) in [5.74, 6) is 0. The maximum atomic E-state index is 6.47. The Labute approximate surface area is 148 Å². The van der Waals surface area contributed by atoms with E-state index in [-0.39, 0.29) is 0 Å². The molecule has 23 heavy (non-hydrogen) atoms. The summed E-state index contributed by atoms with van der Waals surface area (Å²) in [7, 11) is -0.774. The smallest absolute Gasteiger partial charge is 0.0564 e. The van der Waals surface area contributed by atoms with Crippen molar-refractivity contribution in [1.29, 1.82) is 0 Å². The lowest BCUT2D eigenvalue weighted by Crippen LogP contribution is -2.18. The highest BCUT2D eigenvalue weighted by atomic mass is 35.5. The van der Waals surface area contributed by atoms with E-state index in [2.05, 4.69) is 61.5 Å². The monoisotopic (exact) mass is 354 g/mol.